The van der Waals surface area contributed by atoms with E-state index in [0.717, 1.165) is 11.3 Å². The van der Waals surface area contributed by atoms with Gasteiger partial charge in [-0.3, -0.25) is 0 Å². The van der Waals surface area contributed by atoms with Crippen molar-refractivity contribution < 1.29 is 0 Å². The molecule has 2 heteroatoms. The van der Waals surface area contributed by atoms with Crippen LogP contribution >= 0.6 is 0 Å². The molecule has 0 fully saturated rings. The molecule has 0 bridgehead atoms. The van der Waals surface area contributed by atoms with Gasteiger partial charge in [0, 0.05) is 24.5 Å². The van der Waals surface area contributed by atoms with Crippen molar-refractivity contribution >= 4 is 11.9 Å². The second kappa shape index (κ2) is 4.08. The van der Waals surface area contributed by atoms with Crippen LogP contribution in [0.2, 0.25) is 0 Å². The standard InChI is InChI=1S/C11H16N2/c1-8(2)10-6-4-5-9(7-12)11(10)13-3/h4-8,12-13H,1-3H3. The zero-order valence-corrected chi connectivity index (χ0v) is 8.39. The summed E-state index contributed by atoms with van der Waals surface area (Å²) >= 11 is 0. The van der Waals surface area contributed by atoms with Crippen molar-refractivity contribution in [3.05, 3.63) is 29.3 Å². The van der Waals surface area contributed by atoms with Crippen molar-refractivity contribution in [1.82, 2.24) is 0 Å². The molecule has 1 rings (SSSR count). The summed E-state index contributed by atoms with van der Waals surface area (Å²) in [5.41, 5.74) is 3.30. The molecule has 0 aromatic heterocycles. The number of anilines is 1. The smallest absolute Gasteiger partial charge is 0.0461 e. The zero-order valence-electron chi connectivity index (χ0n) is 8.39. The van der Waals surface area contributed by atoms with Gasteiger partial charge in [-0.25, -0.2) is 0 Å². The van der Waals surface area contributed by atoms with Gasteiger partial charge in [0.15, 0.2) is 0 Å². The highest BCUT2D eigenvalue weighted by molar-refractivity contribution is 5.87. The fraction of sp³-hybridized carbons (Fsp3) is 0.364. The van der Waals surface area contributed by atoms with Crippen molar-refractivity contribution in [3.63, 3.8) is 0 Å². The monoisotopic (exact) mass is 176 g/mol. The summed E-state index contributed by atoms with van der Waals surface area (Å²) in [7, 11) is 1.90. The minimum Gasteiger partial charge on any atom is -0.387 e. The van der Waals surface area contributed by atoms with E-state index < -0.39 is 0 Å². The molecule has 0 saturated carbocycles. The molecular formula is C11H16N2. The largest absolute Gasteiger partial charge is 0.387 e. The first-order valence-electron chi connectivity index (χ1n) is 4.51. The van der Waals surface area contributed by atoms with Gasteiger partial charge in [0.25, 0.3) is 0 Å². The van der Waals surface area contributed by atoms with E-state index in [-0.39, 0.29) is 0 Å². The minimum absolute atomic E-state index is 0.488. The summed E-state index contributed by atoms with van der Waals surface area (Å²) in [6.45, 7) is 4.31. The average Bonchev–Trinajstić information content (AvgIpc) is 2.16. The maximum atomic E-state index is 7.26. The van der Waals surface area contributed by atoms with Crippen molar-refractivity contribution in [3.8, 4) is 0 Å². The first-order valence-corrected chi connectivity index (χ1v) is 4.51. The lowest BCUT2D eigenvalue weighted by Gasteiger charge is -2.14. The van der Waals surface area contributed by atoms with Crippen LogP contribution in [0.5, 0.6) is 0 Å². The molecule has 0 heterocycles. The molecule has 0 aliphatic rings. The van der Waals surface area contributed by atoms with Crippen LogP contribution < -0.4 is 5.32 Å². The van der Waals surface area contributed by atoms with Crippen LogP contribution in [0.4, 0.5) is 5.69 Å². The molecule has 70 valence electrons. The molecule has 0 unspecified atom stereocenters. The number of hydrogen-bond donors (Lipinski definition) is 2. The normalized spacial score (nSPS) is 10.2. The number of benzene rings is 1. The van der Waals surface area contributed by atoms with Crippen LogP contribution in [-0.4, -0.2) is 13.3 Å². The Morgan fingerprint density at radius 1 is 1.38 bits per heavy atom. The first-order chi connectivity index (χ1) is 6.20. The topological polar surface area (TPSA) is 35.9 Å². The maximum absolute atomic E-state index is 7.26. The summed E-state index contributed by atoms with van der Waals surface area (Å²) in [5.74, 6) is 0.488. The number of nitrogens with one attached hydrogen (secondary N) is 2. The predicted octanol–water partition coefficient (Wildman–Crippen LogP) is 2.85. The van der Waals surface area contributed by atoms with Gasteiger partial charge in [-0.05, 0) is 11.5 Å². The average molecular weight is 176 g/mol. The predicted molar refractivity (Wildman–Crippen MR) is 58.0 cm³/mol. The SMILES string of the molecule is CNc1c(C=N)cccc1C(C)C. The van der Waals surface area contributed by atoms with Gasteiger partial charge in [-0.2, -0.15) is 0 Å². The molecule has 0 atom stereocenters. The Labute approximate surface area is 79.5 Å². The van der Waals surface area contributed by atoms with Gasteiger partial charge in [0.1, 0.15) is 0 Å². The first kappa shape index (κ1) is 9.78. The summed E-state index contributed by atoms with van der Waals surface area (Å²) in [5, 5.41) is 10.4. The highest BCUT2D eigenvalue weighted by atomic mass is 14.8. The van der Waals surface area contributed by atoms with Gasteiger partial charge in [-0.1, -0.05) is 32.0 Å². The van der Waals surface area contributed by atoms with Gasteiger partial charge >= 0.3 is 0 Å². The molecule has 13 heavy (non-hydrogen) atoms. The molecule has 0 radical (unpaired) electrons. The number of hydrogen-bond acceptors (Lipinski definition) is 2. The van der Waals surface area contributed by atoms with Crippen LogP contribution in [0.3, 0.4) is 0 Å². The zero-order chi connectivity index (χ0) is 9.84. The van der Waals surface area contributed by atoms with E-state index in [2.05, 4.69) is 25.2 Å². The van der Waals surface area contributed by atoms with Crippen molar-refractivity contribution in [2.45, 2.75) is 19.8 Å². The van der Waals surface area contributed by atoms with Crippen LogP contribution in [0.15, 0.2) is 18.2 Å². The number of rotatable bonds is 3. The third-order valence-electron chi connectivity index (χ3n) is 2.16. The fourth-order valence-electron chi connectivity index (χ4n) is 1.48. The molecular weight excluding hydrogens is 160 g/mol. The van der Waals surface area contributed by atoms with Crippen molar-refractivity contribution in [2.24, 2.45) is 0 Å². The lowest BCUT2D eigenvalue weighted by molar-refractivity contribution is 0.868. The van der Waals surface area contributed by atoms with Gasteiger partial charge in [0.2, 0.25) is 0 Å². The lowest BCUT2D eigenvalue weighted by Crippen LogP contribution is -2.01. The Morgan fingerprint density at radius 2 is 2.08 bits per heavy atom. The Balaban J connectivity index is 3.26. The van der Waals surface area contributed by atoms with E-state index in [0.29, 0.717) is 5.92 Å². The molecule has 0 aliphatic heterocycles. The van der Waals surface area contributed by atoms with Crippen LogP contribution in [0.1, 0.15) is 30.9 Å². The van der Waals surface area contributed by atoms with E-state index in [9.17, 15) is 0 Å². The quantitative estimate of drug-likeness (QED) is 0.682. The summed E-state index contributed by atoms with van der Waals surface area (Å²) < 4.78 is 0. The van der Waals surface area contributed by atoms with E-state index in [1.165, 1.54) is 11.8 Å². The Morgan fingerprint density at radius 3 is 2.54 bits per heavy atom. The van der Waals surface area contributed by atoms with Crippen LogP contribution in [0, 0.1) is 5.41 Å². The maximum Gasteiger partial charge on any atom is 0.0461 e. The Kier molecular flexibility index (Phi) is 3.07. The van der Waals surface area contributed by atoms with Crippen molar-refractivity contribution in [2.75, 3.05) is 12.4 Å². The summed E-state index contributed by atoms with van der Waals surface area (Å²) in [6, 6.07) is 6.05. The van der Waals surface area contributed by atoms with Gasteiger partial charge in [0.05, 0.1) is 0 Å². The molecule has 1 aromatic rings. The molecule has 0 saturated heterocycles. The third kappa shape index (κ3) is 1.89. The van der Waals surface area contributed by atoms with Crippen LogP contribution in [0.25, 0.3) is 0 Å². The molecule has 2 N–H and O–H groups in total. The minimum atomic E-state index is 0.488. The van der Waals surface area contributed by atoms with Gasteiger partial charge < -0.3 is 10.7 Å². The molecule has 2 nitrogen and oxygen atoms in total. The highest BCUT2D eigenvalue weighted by Crippen LogP contribution is 2.26. The summed E-state index contributed by atoms with van der Waals surface area (Å²) in [4.78, 5) is 0. The second-order valence-corrected chi connectivity index (χ2v) is 3.36. The number of para-hydroxylation sites is 1. The van der Waals surface area contributed by atoms with E-state index in [4.69, 9.17) is 5.41 Å². The van der Waals surface area contributed by atoms with Crippen LogP contribution in [-0.2, 0) is 0 Å². The van der Waals surface area contributed by atoms with E-state index in [1.54, 1.807) is 0 Å². The Hall–Kier alpha value is -1.31. The molecule has 0 spiro atoms. The molecule has 0 amide bonds. The van der Waals surface area contributed by atoms with Gasteiger partial charge in [-0.15, -0.1) is 0 Å². The van der Waals surface area contributed by atoms with Crippen molar-refractivity contribution in [1.29, 1.82) is 5.41 Å². The summed E-state index contributed by atoms with van der Waals surface area (Å²) in [6.07, 6.45) is 1.39. The fourth-order valence-corrected chi connectivity index (χ4v) is 1.48. The lowest BCUT2D eigenvalue weighted by atomic mass is 9.98. The highest BCUT2D eigenvalue weighted by Gasteiger charge is 2.07. The molecule has 1 aromatic carbocycles. The second-order valence-electron chi connectivity index (χ2n) is 3.36. The van der Waals surface area contributed by atoms with E-state index in [1.807, 2.05) is 19.2 Å². The third-order valence-corrected chi connectivity index (χ3v) is 2.16. The molecule has 0 aliphatic carbocycles. The van der Waals surface area contributed by atoms with E-state index >= 15 is 0 Å². The Bertz CT molecular complexity index is 303.